The third-order valence-corrected chi connectivity index (χ3v) is 6.45. The molecule has 0 bridgehead atoms. The van der Waals surface area contributed by atoms with Gasteiger partial charge in [0, 0.05) is 19.2 Å². The number of carboxylic acid groups (broad SMARTS) is 1. The van der Waals surface area contributed by atoms with Crippen molar-refractivity contribution in [1.29, 1.82) is 0 Å². The number of hydrogen-bond acceptors (Lipinski definition) is 5. The second-order valence-electron chi connectivity index (χ2n) is 8.60. The predicted octanol–water partition coefficient (Wildman–Crippen LogP) is 4.27. The van der Waals surface area contributed by atoms with Crippen molar-refractivity contribution < 1.29 is 24.2 Å². The number of hydrogen-bond donors (Lipinski definition) is 2. The van der Waals surface area contributed by atoms with Crippen molar-refractivity contribution in [1.82, 2.24) is 10.2 Å². The fourth-order valence-electron chi connectivity index (χ4n) is 3.77. The summed E-state index contributed by atoms with van der Waals surface area (Å²) < 4.78 is 5.79. The van der Waals surface area contributed by atoms with Crippen molar-refractivity contribution in [3.05, 3.63) is 63.6 Å². The van der Waals surface area contributed by atoms with Crippen molar-refractivity contribution in [3.8, 4) is 5.75 Å². The van der Waals surface area contributed by atoms with Crippen LogP contribution in [0.5, 0.6) is 5.75 Å². The number of ether oxygens (including phenoxy) is 1. The molecule has 1 aliphatic rings. The zero-order valence-electron chi connectivity index (χ0n) is 20.0. The molecule has 0 saturated heterocycles. The summed E-state index contributed by atoms with van der Waals surface area (Å²) in [4.78, 5) is 41.8. The molecule has 0 radical (unpaired) electrons. The Morgan fingerprint density at radius 1 is 1.11 bits per heavy atom. The molecule has 1 aliphatic heterocycles. The highest BCUT2D eigenvalue weighted by Crippen LogP contribution is 2.24. The molecule has 10 heteroatoms. The number of amides is 2. The van der Waals surface area contributed by atoms with E-state index in [-0.39, 0.29) is 34.5 Å². The average molecular weight is 534 g/mol. The molecule has 0 aromatic heterocycles. The predicted molar refractivity (Wildman–Crippen MR) is 139 cm³/mol. The molecular formula is C26H29Cl2N3O5. The first-order chi connectivity index (χ1) is 17.2. The molecule has 2 N–H and O–H groups in total. The first kappa shape index (κ1) is 27.5. The van der Waals surface area contributed by atoms with Crippen molar-refractivity contribution in [3.63, 3.8) is 0 Å². The van der Waals surface area contributed by atoms with Crippen molar-refractivity contribution >= 4 is 46.7 Å². The Kier molecular flexibility index (Phi) is 10.1. The molecule has 0 spiro atoms. The largest absolute Gasteiger partial charge is 0.494 e. The van der Waals surface area contributed by atoms with E-state index in [4.69, 9.17) is 27.9 Å². The van der Waals surface area contributed by atoms with E-state index in [1.807, 2.05) is 0 Å². The lowest BCUT2D eigenvalue weighted by Gasteiger charge is -2.22. The van der Waals surface area contributed by atoms with Crippen LogP contribution < -0.4 is 10.1 Å². The van der Waals surface area contributed by atoms with Crippen LogP contribution in [0.3, 0.4) is 0 Å². The summed E-state index contributed by atoms with van der Waals surface area (Å²) in [6.45, 7) is 1.43. The van der Waals surface area contributed by atoms with Crippen LogP contribution >= 0.6 is 23.2 Å². The number of rotatable bonds is 12. The summed E-state index contributed by atoms with van der Waals surface area (Å²) in [6, 6.07) is 10.6. The zero-order valence-corrected chi connectivity index (χ0v) is 21.5. The molecule has 1 atom stereocenters. The fraction of sp³-hybridized carbons (Fsp3) is 0.385. The highest BCUT2D eigenvalue weighted by Gasteiger charge is 2.24. The minimum atomic E-state index is -1.16. The fourth-order valence-corrected chi connectivity index (χ4v) is 4.34. The minimum absolute atomic E-state index is 0.0463. The maximum absolute atomic E-state index is 12.6. The van der Waals surface area contributed by atoms with Crippen LogP contribution in [-0.2, 0) is 16.0 Å². The van der Waals surface area contributed by atoms with Crippen LogP contribution in [0.15, 0.2) is 47.5 Å². The molecule has 36 heavy (non-hydrogen) atoms. The van der Waals surface area contributed by atoms with Crippen LogP contribution in [0.1, 0.15) is 41.6 Å². The Morgan fingerprint density at radius 2 is 1.81 bits per heavy atom. The molecule has 0 saturated carbocycles. The Labute approximate surface area is 220 Å². The maximum Gasteiger partial charge on any atom is 0.326 e. The molecule has 8 nitrogen and oxygen atoms in total. The van der Waals surface area contributed by atoms with Gasteiger partial charge in [0.1, 0.15) is 18.3 Å². The number of likely N-dealkylation sites (N-methyl/N-ethyl adjacent to an activating group) is 1. The van der Waals surface area contributed by atoms with Crippen LogP contribution in [0.25, 0.3) is 0 Å². The van der Waals surface area contributed by atoms with Gasteiger partial charge in [0.15, 0.2) is 0 Å². The summed E-state index contributed by atoms with van der Waals surface area (Å²) in [5.74, 6) is -1.06. The number of nitrogens with one attached hydrogen (secondary N) is 1. The number of aliphatic carboxylic acids is 1. The van der Waals surface area contributed by atoms with Gasteiger partial charge < -0.3 is 20.1 Å². The number of unbranched alkanes of at least 4 members (excludes halogenated alkanes) is 2. The Bertz CT molecular complexity index is 1100. The van der Waals surface area contributed by atoms with E-state index in [2.05, 4.69) is 10.3 Å². The quantitative estimate of drug-likeness (QED) is 0.396. The summed E-state index contributed by atoms with van der Waals surface area (Å²) in [5, 5.41) is 12.4. The molecule has 3 rings (SSSR count). The van der Waals surface area contributed by atoms with Crippen LogP contribution in [0.2, 0.25) is 10.0 Å². The third kappa shape index (κ3) is 7.96. The van der Waals surface area contributed by atoms with E-state index in [1.54, 1.807) is 42.3 Å². The number of carboxylic acids is 1. The average Bonchev–Trinajstić information content (AvgIpc) is 2.84. The Morgan fingerprint density at radius 3 is 2.44 bits per heavy atom. The second kappa shape index (κ2) is 13.3. The number of carbonyl (C=O) groups excluding carboxylic acids is 2. The molecule has 192 valence electrons. The number of nitrogens with zero attached hydrogens (tertiary/aromatic N) is 2. The first-order valence-corrected chi connectivity index (χ1v) is 12.5. The smallest absolute Gasteiger partial charge is 0.326 e. The lowest BCUT2D eigenvalue weighted by Crippen LogP contribution is -2.42. The SMILES string of the molecule is CN1CC(CCCCCOc2ccc(CC(NC(=O)c3c(Cl)cccc3Cl)C(=O)O)cc2)=NCC1=O. The monoisotopic (exact) mass is 533 g/mol. The Balaban J connectivity index is 1.42. The zero-order chi connectivity index (χ0) is 26.1. The Hall–Kier alpha value is -3.10. The number of benzene rings is 2. The van der Waals surface area contributed by atoms with Gasteiger partial charge in [-0.05, 0) is 55.5 Å². The van der Waals surface area contributed by atoms with Crippen molar-refractivity contribution in [2.75, 3.05) is 26.7 Å². The summed E-state index contributed by atoms with van der Waals surface area (Å²) in [7, 11) is 1.80. The van der Waals surface area contributed by atoms with Gasteiger partial charge in [-0.2, -0.15) is 0 Å². The van der Waals surface area contributed by atoms with Gasteiger partial charge in [0.05, 0.1) is 28.8 Å². The summed E-state index contributed by atoms with van der Waals surface area (Å²) in [6.07, 6.45) is 3.85. The van der Waals surface area contributed by atoms with Crippen molar-refractivity contribution in [2.45, 2.75) is 38.1 Å². The molecule has 1 heterocycles. The molecule has 1 unspecified atom stereocenters. The normalized spacial score (nSPS) is 14.2. The van der Waals surface area contributed by atoms with Crippen molar-refractivity contribution in [2.24, 2.45) is 4.99 Å². The van der Waals surface area contributed by atoms with E-state index in [1.165, 1.54) is 12.1 Å². The van der Waals surface area contributed by atoms with E-state index in [0.717, 1.165) is 37.0 Å². The summed E-state index contributed by atoms with van der Waals surface area (Å²) >= 11 is 12.1. The van der Waals surface area contributed by atoms with Gasteiger partial charge in [-0.15, -0.1) is 0 Å². The molecule has 2 aromatic carbocycles. The van der Waals surface area contributed by atoms with Gasteiger partial charge in [0.2, 0.25) is 5.91 Å². The van der Waals surface area contributed by atoms with Crippen LogP contribution in [0.4, 0.5) is 0 Å². The van der Waals surface area contributed by atoms with E-state index in [9.17, 15) is 19.5 Å². The lowest BCUT2D eigenvalue weighted by molar-refractivity contribution is -0.139. The standard InChI is InChI=1S/C26H29Cl2N3O5/c1-31-16-18(29-15-23(31)32)6-3-2-4-13-36-19-11-9-17(10-12-19)14-22(26(34)35)30-25(33)24-20(27)7-5-8-21(24)28/h5,7-12,22H,2-4,6,13-16H2,1H3,(H,30,33)(H,34,35). The van der Waals surface area contributed by atoms with Gasteiger partial charge >= 0.3 is 5.97 Å². The lowest BCUT2D eigenvalue weighted by atomic mass is 10.1. The van der Waals surface area contributed by atoms with Gasteiger partial charge in [0.25, 0.3) is 5.91 Å². The van der Waals surface area contributed by atoms with E-state index < -0.39 is 17.9 Å². The molecule has 2 amide bonds. The topological polar surface area (TPSA) is 108 Å². The number of aliphatic imine (C=N–C) groups is 1. The molecule has 2 aromatic rings. The maximum atomic E-state index is 12.6. The van der Waals surface area contributed by atoms with Crippen LogP contribution in [-0.4, -0.2) is 66.3 Å². The van der Waals surface area contributed by atoms with E-state index >= 15 is 0 Å². The first-order valence-electron chi connectivity index (χ1n) is 11.7. The van der Waals surface area contributed by atoms with Gasteiger partial charge in [-0.25, -0.2) is 4.79 Å². The van der Waals surface area contributed by atoms with Gasteiger partial charge in [-0.3, -0.25) is 14.6 Å². The third-order valence-electron chi connectivity index (χ3n) is 5.82. The molecule has 0 aliphatic carbocycles. The number of halogens is 2. The molecule has 0 fully saturated rings. The van der Waals surface area contributed by atoms with E-state index in [0.29, 0.717) is 18.9 Å². The highest BCUT2D eigenvalue weighted by molar-refractivity contribution is 6.39. The van der Waals surface area contributed by atoms with Crippen LogP contribution in [0, 0.1) is 0 Å². The summed E-state index contributed by atoms with van der Waals surface area (Å²) in [5.41, 5.74) is 1.85. The molecular weight excluding hydrogens is 505 g/mol. The number of carbonyl (C=O) groups is 3. The second-order valence-corrected chi connectivity index (χ2v) is 9.41. The minimum Gasteiger partial charge on any atom is -0.494 e. The highest BCUT2D eigenvalue weighted by atomic mass is 35.5. The van der Waals surface area contributed by atoms with Gasteiger partial charge in [-0.1, -0.05) is 41.4 Å².